The van der Waals surface area contributed by atoms with Gasteiger partial charge < -0.3 is 4.74 Å². The van der Waals surface area contributed by atoms with Crippen molar-refractivity contribution < 1.29 is 21.6 Å². The Morgan fingerprint density at radius 1 is 1.00 bits per heavy atom. The van der Waals surface area contributed by atoms with Gasteiger partial charge in [0.05, 0.1) is 23.2 Å². The van der Waals surface area contributed by atoms with Gasteiger partial charge in [0.25, 0.3) is 8.87 Å². The standard InChI is InChI=1S/C17H16N2O5S2/c1-12-5-7-15(8-6-12)25(20,21)26(22,23)19-16-11-14(24-2)10-13-4-3-9-18-17(13)16/h3-11,19H,1-2H3. The van der Waals surface area contributed by atoms with E-state index in [0.29, 0.717) is 16.7 Å². The van der Waals surface area contributed by atoms with E-state index in [-0.39, 0.29) is 10.6 Å². The molecule has 0 atom stereocenters. The van der Waals surface area contributed by atoms with Crippen molar-refractivity contribution in [2.24, 2.45) is 0 Å². The van der Waals surface area contributed by atoms with Crippen LogP contribution >= 0.6 is 0 Å². The highest BCUT2D eigenvalue weighted by Gasteiger charge is 2.32. The Kier molecular flexibility index (Phi) is 4.59. The molecule has 0 unspecified atom stereocenters. The van der Waals surface area contributed by atoms with Crippen molar-refractivity contribution in [2.75, 3.05) is 11.8 Å². The predicted octanol–water partition coefficient (Wildman–Crippen LogP) is 2.68. The van der Waals surface area contributed by atoms with Crippen LogP contribution in [-0.4, -0.2) is 28.9 Å². The zero-order valence-corrected chi connectivity index (χ0v) is 15.6. The summed E-state index contributed by atoms with van der Waals surface area (Å²) < 4.78 is 57.6. The number of methoxy groups -OCH3 is 1. The van der Waals surface area contributed by atoms with E-state index in [9.17, 15) is 16.8 Å². The lowest BCUT2D eigenvalue weighted by molar-refractivity contribution is 0.415. The SMILES string of the molecule is COc1cc(NS(=O)(=O)S(=O)(=O)c2ccc(C)cc2)c2ncccc2c1. The maximum atomic E-state index is 12.6. The molecule has 0 aliphatic rings. The van der Waals surface area contributed by atoms with Crippen LogP contribution in [0.3, 0.4) is 0 Å². The fourth-order valence-corrected chi connectivity index (χ4v) is 5.33. The average molecular weight is 392 g/mol. The average Bonchev–Trinajstić information content (AvgIpc) is 2.61. The smallest absolute Gasteiger partial charge is 0.343 e. The Bertz CT molecular complexity index is 1170. The van der Waals surface area contributed by atoms with E-state index in [0.717, 1.165) is 5.56 Å². The van der Waals surface area contributed by atoms with Crippen molar-refractivity contribution in [3.8, 4) is 5.75 Å². The molecule has 3 aromatic rings. The van der Waals surface area contributed by atoms with Gasteiger partial charge in [-0.05, 0) is 31.2 Å². The van der Waals surface area contributed by atoms with Crippen LogP contribution in [0.5, 0.6) is 5.75 Å². The molecule has 9 heteroatoms. The summed E-state index contributed by atoms with van der Waals surface area (Å²) in [5.41, 5.74) is 1.16. The Hall–Kier alpha value is -2.65. The summed E-state index contributed by atoms with van der Waals surface area (Å²) in [5, 5.41) is 0.609. The van der Waals surface area contributed by atoms with Gasteiger partial charge in [-0.3, -0.25) is 9.71 Å². The third-order valence-electron chi connectivity index (χ3n) is 3.75. The number of aromatic nitrogens is 1. The van der Waals surface area contributed by atoms with Crippen molar-refractivity contribution >= 4 is 34.5 Å². The molecule has 1 N–H and O–H groups in total. The van der Waals surface area contributed by atoms with Crippen molar-refractivity contribution in [2.45, 2.75) is 11.8 Å². The highest BCUT2D eigenvalue weighted by molar-refractivity contribution is 8.67. The number of nitrogens with one attached hydrogen (secondary N) is 1. The van der Waals surface area contributed by atoms with Gasteiger partial charge in [0.15, 0.2) is 0 Å². The molecule has 0 saturated carbocycles. The molecule has 0 amide bonds. The molecule has 26 heavy (non-hydrogen) atoms. The molecular weight excluding hydrogens is 376 g/mol. The van der Waals surface area contributed by atoms with E-state index in [1.165, 1.54) is 43.6 Å². The van der Waals surface area contributed by atoms with Crippen LogP contribution in [-0.2, 0) is 17.9 Å². The molecule has 0 aliphatic carbocycles. The minimum absolute atomic E-state index is 0.0237. The second kappa shape index (κ2) is 6.58. The monoisotopic (exact) mass is 392 g/mol. The maximum absolute atomic E-state index is 12.6. The topological polar surface area (TPSA) is 102 Å². The largest absolute Gasteiger partial charge is 0.497 e. The van der Waals surface area contributed by atoms with E-state index < -0.39 is 17.9 Å². The fourth-order valence-electron chi connectivity index (χ4n) is 2.38. The lowest BCUT2D eigenvalue weighted by Crippen LogP contribution is -2.23. The van der Waals surface area contributed by atoms with Crippen LogP contribution in [0, 0.1) is 6.92 Å². The molecule has 0 fully saturated rings. The summed E-state index contributed by atoms with van der Waals surface area (Å²) in [7, 11) is -7.99. The Morgan fingerprint density at radius 2 is 1.69 bits per heavy atom. The van der Waals surface area contributed by atoms with Gasteiger partial charge in [-0.15, -0.1) is 0 Å². The first-order chi connectivity index (χ1) is 12.2. The van der Waals surface area contributed by atoms with E-state index >= 15 is 0 Å². The molecule has 0 bridgehead atoms. The minimum Gasteiger partial charge on any atom is -0.497 e. The van der Waals surface area contributed by atoms with Gasteiger partial charge >= 0.3 is 9.06 Å². The van der Waals surface area contributed by atoms with Crippen LogP contribution < -0.4 is 9.46 Å². The Balaban J connectivity index is 2.10. The Labute approximate surface area is 151 Å². The summed E-state index contributed by atoms with van der Waals surface area (Å²) in [6.07, 6.45) is 1.49. The van der Waals surface area contributed by atoms with Gasteiger partial charge in [0, 0.05) is 17.6 Å². The van der Waals surface area contributed by atoms with E-state index in [2.05, 4.69) is 9.71 Å². The highest BCUT2D eigenvalue weighted by atomic mass is 33.2. The van der Waals surface area contributed by atoms with Gasteiger partial charge in [-0.25, -0.2) is 8.42 Å². The molecule has 0 spiro atoms. The molecular formula is C17H16N2O5S2. The van der Waals surface area contributed by atoms with Crippen LogP contribution in [0.4, 0.5) is 5.69 Å². The molecule has 0 radical (unpaired) electrons. The molecule has 1 heterocycles. The number of hydrogen-bond donors (Lipinski definition) is 1. The zero-order chi connectivity index (χ0) is 18.9. The fraction of sp³-hybridized carbons (Fsp3) is 0.118. The van der Waals surface area contributed by atoms with Crippen molar-refractivity contribution in [3.63, 3.8) is 0 Å². The lowest BCUT2D eigenvalue weighted by atomic mass is 10.2. The Morgan fingerprint density at radius 3 is 2.35 bits per heavy atom. The van der Waals surface area contributed by atoms with Gasteiger partial charge in [-0.1, -0.05) is 23.8 Å². The molecule has 136 valence electrons. The summed E-state index contributed by atoms with van der Waals surface area (Å²) in [4.78, 5) is 3.82. The van der Waals surface area contributed by atoms with E-state index in [1.807, 2.05) is 0 Å². The number of anilines is 1. The second-order valence-corrected chi connectivity index (χ2v) is 10.7. The molecule has 1 aromatic heterocycles. The second-order valence-electron chi connectivity index (χ2n) is 5.57. The molecule has 3 rings (SSSR count). The van der Waals surface area contributed by atoms with Crippen LogP contribution in [0.15, 0.2) is 59.6 Å². The number of fused-ring (bicyclic) bond motifs is 1. The maximum Gasteiger partial charge on any atom is 0.343 e. The quantitative estimate of drug-likeness (QED) is 0.670. The molecule has 0 saturated heterocycles. The normalized spacial score (nSPS) is 12.1. The van der Waals surface area contributed by atoms with Gasteiger partial charge in [0.1, 0.15) is 5.75 Å². The van der Waals surface area contributed by atoms with Gasteiger partial charge in [-0.2, -0.15) is 8.42 Å². The first-order valence-corrected chi connectivity index (χ1v) is 11.0. The third-order valence-corrected chi connectivity index (χ3v) is 8.21. The van der Waals surface area contributed by atoms with Crippen LogP contribution in [0.1, 0.15) is 5.56 Å². The highest BCUT2D eigenvalue weighted by Crippen LogP contribution is 2.30. The van der Waals surface area contributed by atoms with Crippen molar-refractivity contribution in [3.05, 3.63) is 60.3 Å². The number of hydrogen-bond acceptors (Lipinski definition) is 6. The number of benzene rings is 2. The summed E-state index contributed by atoms with van der Waals surface area (Å²) in [6, 6.07) is 12.0. The number of ether oxygens (including phenoxy) is 1. The third kappa shape index (κ3) is 3.23. The van der Waals surface area contributed by atoms with E-state index in [1.54, 1.807) is 25.1 Å². The first-order valence-electron chi connectivity index (χ1n) is 7.52. The van der Waals surface area contributed by atoms with Crippen molar-refractivity contribution in [1.82, 2.24) is 4.98 Å². The molecule has 7 nitrogen and oxygen atoms in total. The van der Waals surface area contributed by atoms with E-state index in [4.69, 9.17) is 4.74 Å². The van der Waals surface area contributed by atoms with Crippen LogP contribution in [0.2, 0.25) is 0 Å². The number of pyridine rings is 1. The molecule has 2 aromatic carbocycles. The van der Waals surface area contributed by atoms with Gasteiger partial charge in [0.2, 0.25) is 0 Å². The summed E-state index contributed by atoms with van der Waals surface area (Å²) >= 11 is 0. The number of nitrogens with zero attached hydrogens (tertiary/aromatic N) is 1. The predicted molar refractivity (Wildman–Crippen MR) is 99.2 cm³/mol. The molecule has 0 aliphatic heterocycles. The van der Waals surface area contributed by atoms with Crippen LogP contribution in [0.25, 0.3) is 10.9 Å². The number of rotatable bonds is 5. The minimum atomic E-state index is -4.77. The zero-order valence-electron chi connectivity index (χ0n) is 14.0. The lowest BCUT2D eigenvalue weighted by Gasteiger charge is -2.12. The summed E-state index contributed by atoms with van der Waals surface area (Å²) in [6.45, 7) is 1.78. The van der Waals surface area contributed by atoms with Crippen molar-refractivity contribution in [1.29, 1.82) is 0 Å². The summed E-state index contributed by atoms with van der Waals surface area (Å²) in [5.74, 6) is 0.371. The number of aryl methyl sites for hydroxylation is 1. The first kappa shape index (κ1) is 18.2.